The standard InChI is InChI=1S/C17H19NO3S/c1-21-14-9-11-15(12-10-14)22(19,20)18-17-8-4-6-13-5-2-3-7-16(13)17/h2-3,5,7,9-12,17-18H,4,6,8H2,1H3/t17-/m1/s1. The predicted molar refractivity (Wildman–Crippen MR) is 85.4 cm³/mol. The second-order valence-corrected chi connectivity index (χ2v) is 7.15. The third kappa shape index (κ3) is 3.00. The van der Waals surface area contributed by atoms with Gasteiger partial charge in [-0.2, -0.15) is 0 Å². The smallest absolute Gasteiger partial charge is 0.241 e. The Morgan fingerprint density at radius 2 is 1.82 bits per heavy atom. The number of hydrogen-bond donors (Lipinski definition) is 1. The van der Waals surface area contributed by atoms with Gasteiger partial charge in [-0.05, 0) is 54.7 Å². The molecule has 0 bridgehead atoms. The molecule has 0 aromatic heterocycles. The molecule has 0 amide bonds. The van der Waals surface area contributed by atoms with Crippen molar-refractivity contribution in [1.82, 2.24) is 4.72 Å². The molecule has 1 N–H and O–H groups in total. The number of fused-ring (bicyclic) bond motifs is 1. The first-order valence-electron chi connectivity index (χ1n) is 7.34. The molecule has 0 fully saturated rings. The molecular formula is C17H19NO3S. The molecule has 1 atom stereocenters. The van der Waals surface area contributed by atoms with E-state index in [1.807, 2.05) is 18.2 Å². The maximum atomic E-state index is 12.6. The van der Waals surface area contributed by atoms with Crippen LogP contribution in [0.1, 0.15) is 30.0 Å². The average molecular weight is 317 g/mol. The van der Waals surface area contributed by atoms with E-state index in [4.69, 9.17) is 4.74 Å². The molecule has 2 aromatic rings. The fourth-order valence-electron chi connectivity index (χ4n) is 2.89. The Morgan fingerprint density at radius 1 is 1.09 bits per heavy atom. The molecule has 0 saturated heterocycles. The number of methoxy groups -OCH3 is 1. The zero-order valence-corrected chi connectivity index (χ0v) is 13.3. The van der Waals surface area contributed by atoms with Gasteiger partial charge in [-0.25, -0.2) is 13.1 Å². The first-order chi connectivity index (χ1) is 10.6. The van der Waals surface area contributed by atoms with Crippen LogP contribution in [0, 0.1) is 0 Å². The number of rotatable bonds is 4. The van der Waals surface area contributed by atoms with E-state index in [9.17, 15) is 8.42 Å². The van der Waals surface area contributed by atoms with Crippen LogP contribution in [0.5, 0.6) is 5.75 Å². The molecule has 22 heavy (non-hydrogen) atoms. The SMILES string of the molecule is COc1ccc(S(=O)(=O)N[C@@H]2CCCc3ccccc32)cc1. The normalized spacial score (nSPS) is 17.8. The van der Waals surface area contributed by atoms with E-state index in [-0.39, 0.29) is 10.9 Å². The van der Waals surface area contributed by atoms with Crippen molar-refractivity contribution in [3.63, 3.8) is 0 Å². The number of nitrogens with one attached hydrogen (secondary N) is 1. The third-order valence-corrected chi connectivity index (χ3v) is 5.52. The lowest BCUT2D eigenvalue weighted by Crippen LogP contribution is -2.31. The van der Waals surface area contributed by atoms with Gasteiger partial charge in [-0.3, -0.25) is 0 Å². The highest BCUT2D eigenvalue weighted by Gasteiger charge is 2.25. The second-order valence-electron chi connectivity index (χ2n) is 5.44. The lowest BCUT2D eigenvalue weighted by Gasteiger charge is -2.26. The Morgan fingerprint density at radius 3 is 2.55 bits per heavy atom. The third-order valence-electron chi connectivity index (χ3n) is 4.04. The van der Waals surface area contributed by atoms with E-state index in [2.05, 4.69) is 10.8 Å². The molecule has 116 valence electrons. The minimum atomic E-state index is -3.53. The highest BCUT2D eigenvalue weighted by molar-refractivity contribution is 7.89. The number of sulfonamides is 1. The molecule has 0 spiro atoms. The molecular weight excluding hydrogens is 298 g/mol. The summed E-state index contributed by atoms with van der Waals surface area (Å²) < 4.78 is 33.0. The van der Waals surface area contributed by atoms with Crippen LogP contribution in [0.4, 0.5) is 0 Å². The van der Waals surface area contributed by atoms with Gasteiger partial charge in [-0.15, -0.1) is 0 Å². The van der Waals surface area contributed by atoms with Crippen molar-refractivity contribution < 1.29 is 13.2 Å². The zero-order chi connectivity index (χ0) is 15.6. The molecule has 5 heteroatoms. The van der Waals surface area contributed by atoms with Crippen molar-refractivity contribution in [3.05, 3.63) is 59.7 Å². The minimum Gasteiger partial charge on any atom is -0.497 e. The van der Waals surface area contributed by atoms with Crippen LogP contribution in [0.3, 0.4) is 0 Å². The zero-order valence-electron chi connectivity index (χ0n) is 12.5. The largest absolute Gasteiger partial charge is 0.497 e. The van der Waals surface area contributed by atoms with Gasteiger partial charge >= 0.3 is 0 Å². The number of hydrogen-bond acceptors (Lipinski definition) is 3. The highest BCUT2D eigenvalue weighted by Crippen LogP contribution is 2.30. The van der Waals surface area contributed by atoms with E-state index in [0.29, 0.717) is 5.75 Å². The summed E-state index contributed by atoms with van der Waals surface area (Å²) in [5, 5.41) is 0. The Labute approximate surface area is 131 Å². The summed E-state index contributed by atoms with van der Waals surface area (Å²) >= 11 is 0. The Bertz CT molecular complexity index is 754. The molecule has 1 aliphatic rings. The van der Waals surface area contributed by atoms with Gasteiger partial charge in [0.05, 0.1) is 12.0 Å². The summed E-state index contributed by atoms with van der Waals surface area (Å²) in [6.45, 7) is 0. The topological polar surface area (TPSA) is 55.4 Å². The van der Waals surface area contributed by atoms with Crippen molar-refractivity contribution in [2.45, 2.75) is 30.2 Å². The van der Waals surface area contributed by atoms with Crippen LogP contribution in [0.15, 0.2) is 53.4 Å². The predicted octanol–water partition coefficient (Wildman–Crippen LogP) is 3.05. The van der Waals surface area contributed by atoms with Crippen LogP contribution >= 0.6 is 0 Å². The summed E-state index contributed by atoms with van der Waals surface area (Å²) in [5.74, 6) is 0.641. The van der Waals surface area contributed by atoms with Crippen molar-refractivity contribution >= 4 is 10.0 Å². The van der Waals surface area contributed by atoms with Crippen LogP contribution < -0.4 is 9.46 Å². The summed E-state index contributed by atoms with van der Waals surface area (Å²) in [6.07, 6.45) is 2.83. The number of benzene rings is 2. The van der Waals surface area contributed by atoms with Gasteiger partial charge in [0.1, 0.15) is 5.75 Å². The molecule has 0 aliphatic heterocycles. The lowest BCUT2D eigenvalue weighted by atomic mass is 9.88. The summed E-state index contributed by atoms with van der Waals surface area (Å²) in [4.78, 5) is 0.261. The fourth-order valence-corrected chi connectivity index (χ4v) is 4.14. The molecule has 4 nitrogen and oxygen atoms in total. The second kappa shape index (κ2) is 6.10. The molecule has 0 heterocycles. The van der Waals surface area contributed by atoms with Crippen molar-refractivity contribution in [1.29, 1.82) is 0 Å². The Kier molecular flexibility index (Phi) is 4.18. The van der Waals surface area contributed by atoms with Crippen molar-refractivity contribution in [2.75, 3.05) is 7.11 Å². The summed E-state index contributed by atoms with van der Waals surface area (Å²) in [6, 6.07) is 14.3. The molecule has 2 aromatic carbocycles. The summed E-state index contributed by atoms with van der Waals surface area (Å²) in [7, 11) is -1.98. The number of aryl methyl sites for hydroxylation is 1. The van der Waals surface area contributed by atoms with Crippen LogP contribution in [-0.4, -0.2) is 15.5 Å². The molecule has 3 rings (SSSR count). The van der Waals surface area contributed by atoms with Crippen molar-refractivity contribution in [3.8, 4) is 5.75 Å². The Hall–Kier alpha value is -1.85. The first-order valence-corrected chi connectivity index (χ1v) is 8.82. The average Bonchev–Trinajstić information content (AvgIpc) is 2.55. The van der Waals surface area contributed by atoms with E-state index in [0.717, 1.165) is 24.8 Å². The summed E-state index contributed by atoms with van der Waals surface area (Å²) in [5.41, 5.74) is 2.32. The van der Waals surface area contributed by atoms with E-state index < -0.39 is 10.0 Å². The quantitative estimate of drug-likeness (QED) is 0.943. The Balaban J connectivity index is 1.86. The van der Waals surface area contributed by atoms with E-state index in [1.165, 1.54) is 5.56 Å². The van der Waals surface area contributed by atoms with E-state index in [1.54, 1.807) is 31.4 Å². The molecule has 0 radical (unpaired) electrons. The lowest BCUT2D eigenvalue weighted by molar-refractivity contribution is 0.414. The fraction of sp³-hybridized carbons (Fsp3) is 0.294. The number of ether oxygens (including phenoxy) is 1. The maximum absolute atomic E-state index is 12.6. The van der Waals surface area contributed by atoms with Gasteiger partial charge in [0.15, 0.2) is 0 Å². The van der Waals surface area contributed by atoms with Crippen LogP contribution in [0.25, 0.3) is 0 Å². The van der Waals surface area contributed by atoms with Gasteiger partial charge in [0, 0.05) is 6.04 Å². The first kappa shape index (κ1) is 15.1. The molecule has 0 unspecified atom stereocenters. The van der Waals surface area contributed by atoms with Crippen LogP contribution in [-0.2, 0) is 16.4 Å². The van der Waals surface area contributed by atoms with Crippen LogP contribution in [0.2, 0.25) is 0 Å². The minimum absolute atomic E-state index is 0.156. The molecule has 1 aliphatic carbocycles. The van der Waals surface area contributed by atoms with E-state index >= 15 is 0 Å². The molecule has 0 saturated carbocycles. The van der Waals surface area contributed by atoms with Gasteiger partial charge in [-0.1, -0.05) is 24.3 Å². The van der Waals surface area contributed by atoms with Gasteiger partial charge < -0.3 is 4.74 Å². The highest BCUT2D eigenvalue weighted by atomic mass is 32.2. The monoisotopic (exact) mass is 317 g/mol. The van der Waals surface area contributed by atoms with Gasteiger partial charge in [0.2, 0.25) is 10.0 Å². The maximum Gasteiger partial charge on any atom is 0.241 e. The van der Waals surface area contributed by atoms with Gasteiger partial charge in [0.25, 0.3) is 0 Å². The van der Waals surface area contributed by atoms with Crippen molar-refractivity contribution in [2.24, 2.45) is 0 Å².